The average molecular weight is 378 g/mol. The second-order valence-electron chi connectivity index (χ2n) is 4.69. The van der Waals surface area contributed by atoms with Crippen LogP contribution in [0, 0.1) is 58.2 Å². The Balaban J connectivity index is 2.84. The highest BCUT2D eigenvalue weighted by molar-refractivity contribution is 6.84. The lowest BCUT2D eigenvalue weighted by molar-refractivity contribution is 0.382. The van der Waals surface area contributed by atoms with Gasteiger partial charge in [0.25, 0.3) is 0 Å². The van der Waals surface area contributed by atoms with Crippen LogP contribution in [0.3, 0.4) is 0 Å². The van der Waals surface area contributed by atoms with Crippen LogP contribution in [0.5, 0.6) is 0 Å². The van der Waals surface area contributed by atoms with Crippen molar-refractivity contribution in [2.75, 3.05) is 0 Å². The first-order chi connectivity index (χ1) is 11.0. The van der Waals surface area contributed by atoms with E-state index in [4.69, 9.17) is 0 Å². The zero-order valence-corrected chi connectivity index (χ0v) is 12.5. The average Bonchev–Trinajstić information content (AvgIpc) is 2.55. The van der Waals surface area contributed by atoms with E-state index in [1.165, 1.54) is 0 Å². The highest BCUT2D eigenvalue weighted by atomic mass is 28.3. The summed E-state index contributed by atoms with van der Waals surface area (Å²) >= 11 is 0. The van der Waals surface area contributed by atoms with Gasteiger partial charge in [0.15, 0.2) is 46.5 Å². The van der Waals surface area contributed by atoms with E-state index in [0.717, 1.165) is 0 Å². The molecule has 0 aromatic heterocycles. The normalized spacial score (nSPS) is 11.5. The van der Waals surface area contributed by atoms with Crippen molar-refractivity contribution in [1.29, 1.82) is 0 Å². The van der Waals surface area contributed by atoms with Gasteiger partial charge in [0.1, 0.15) is 8.80 Å². The zero-order chi connectivity index (χ0) is 18.5. The van der Waals surface area contributed by atoms with Gasteiger partial charge in [-0.15, -0.1) is 0 Å². The van der Waals surface area contributed by atoms with Crippen LogP contribution in [0.25, 0.3) is 0 Å². The highest BCUT2D eigenvalue weighted by Crippen LogP contribution is 2.20. The van der Waals surface area contributed by atoms with Gasteiger partial charge in [-0.3, -0.25) is 0 Å². The fourth-order valence-electron chi connectivity index (χ4n) is 2.15. The topological polar surface area (TPSA) is 0 Å². The maximum absolute atomic E-state index is 13.7. The van der Waals surface area contributed by atoms with Crippen LogP contribution in [0.1, 0.15) is 0 Å². The van der Waals surface area contributed by atoms with Crippen molar-refractivity contribution in [2.45, 2.75) is 6.55 Å². The van der Waals surface area contributed by atoms with Crippen molar-refractivity contribution in [3.63, 3.8) is 0 Å². The molecule has 0 nitrogen and oxygen atoms in total. The summed E-state index contributed by atoms with van der Waals surface area (Å²) in [6.45, 7) is 0.663. The lowest BCUT2D eigenvalue weighted by atomic mass is 10.3. The summed E-state index contributed by atoms with van der Waals surface area (Å²) in [7, 11) is -4.02. The van der Waals surface area contributed by atoms with E-state index >= 15 is 0 Å². The molecule has 0 aliphatic carbocycles. The number of rotatable bonds is 2. The Morgan fingerprint density at radius 2 is 0.542 bits per heavy atom. The smallest absolute Gasteiger partial charge is 0.200 e. The minimum Gasteiger partial charge on any atom is -0.204 e. The molecule has 2 aromatic rings. The van der Waals surface area contributed by atoms with E-state index in [1.54, 1.807) is 0 Å². The maximum Gasteiger partial charge on any atom is 0.200 e. The number of hydrogen-bond donors (Lipinski definition) is 0. The second-order valence-corrected chi connectivity index (χ2v) is 7.29. The van der Waals surface area contributed by atoms with E-state index in [9.17, 15) is 43.9 Å². The lowest BCUT2D eigenvalue weighted by Gasteiger charge is -2.17. The van der Waals surface area contributed by atoms with Crippen molar-refractivity contribution in [2.24, 2.45) is 0 Å². The summed E-state index contributed by atoms with van der Waals surface area (Å²) in [6.07, 6.45) is 0. The lowest BCUT2D eigenvalue weighted by Crippen LogP contribution is -2.48. The van der Waals surface area contributed by atoms with Crippen molar-refractivity contribution < 1.29 is 43.9 Å². The Kier molecular flexibility index (Phi) is 4.66. The van der Waals surface area contributed by atoms with E-state index in [2.05, 4.69) is 0 Å². The summed E-state index contributed by atoms with van der Waals surface area (Å²) in [5.41, 5.74) is 0. The molecule has 0 saturated heterocycles. The Morgan fingerprint density at radius 1 is 0.375 bits per heavy atom. The highest BCUT2D eigenvalue weighted by Gasteiger charge is 2.35. The quantitative estimate of drug-likeness (QED) is 0.326. The Bertz CT molecular complexity index is 720. The predicted octanol–water partition coefficient (Wildman–Crippen LogP) is 3.05. The van der Waals surface area contributed by atoms with E-state index in [-0.39, 0.29) is 0 Å². The van der Waals surface area contributed by atoms with Gasteiger partial charge in [0, 0.05) is 10.4 Å². The van der Waals surface area contributed by atoms with Crippen LogP contribution >= 0.6 is 0 Å². The fourth-order valence-corrected chi connectivity index (χ4v) is 4.46. The number of halogens is 10. The molecule has 0 aliphatic heterocycles. The molecule has 0 N–H and O–H groups in total. The summed E-state index contributed by atoms with van der Waals surface area (Å²) < 4.78 is 133. The van der Waals surface area contributed by atoms with Gasteiger partial charge in [-0.25, -0.2) is 43.9 Å². The van der Waals surface area contributed by atoms with Crippen LogP contribution in [-0.4, -0.2) is 8.80 Å². The van der Waals surface area contributed by atoms with Gasteiger partial charge in [-0.1, -0.05) is 6.55 Å². The molecule has 0 amide bonds. The first-order valence-corrected chi connectivity index (χ1v) is 8.35. The molecule has 130 valence electrons. The van der Waals surface area contributed by atoms with Crippen molar-refractivity contribution >= 4 is 19.2 Å². The van der Waals surface area contributed by atoms with Crippen LogP contribution in [0.4, 0.5) is 43.9 Å². The van der Waals surface area contributed by atoms with Crippen LogP contribution in [0.2, 0.25) is 6.55 Å². The number of hydrogen-bond acceptors (Lipinski definition) is 0. The van der Waals surface area contributed by atoms with Crippen LogP contribution < -0.4 is 10.4 Å². The largest absolute Gasteiger partial charge is 0.204 e. The molecule has 11 heteroatoms. The molecule has 0 saturated carbocycles. The summed E-state index contributed by atoms with van der Waals surface area (Å²) in [6, 6.07) is 0. The summed E-state index contributed by atoms with van der Waals surface area (Å²) in [4.78, 5) is 0. The van der Waals surface area contributed by atoms with Crippen molar-refractivity contribution in [3.05, 3.63) is 58.2 Å². The summed E-state index contributed by atoms with van der Waals surface area (Å²) in [5.74, 6) is -24.1. The standard InChI is InChI=1S/C13H4F10Si/c1-24(12-8(20)4(16)2(14)5(17)9(12)21)13-10(22)6(18)3(15)7(19)11(13)23/h24H,1H3. The minimum atomic E-state index is -4.02. The third-order valence-corrected chi connectivity index (χ3v) is 6.10. The second kappa shape index (κ2) is 6.11. The van der Waals surface area contributed by atoms with Gasteiger partial charge >= 0.3 is 0 Å². The predicted molar refractivity (Wildman–Crippen MR) is 64.7 cm³/mol. The Hall–Kier alpha value is -2.04. The maximum atomic E-state index is 13.7. The van der Waals surface area contributed by atoms with Gasteiger partial charge in [0.2, 0.25) is 11.6 Å². The molecular weight excluding hydrogens is 374 g/mol. The molecule has 0 spiro atoms. The van der Waals surface area contributed by atoms with E-state index in [0.29, 0.717) is 6.55 Å². The Morgan fingerprint density at radius 3 is 0.750 bits per heavy atom. The molecule has 0 fully saturated rings. The SMILES string of the molecule is C[SiH](c1c(F)c(F)c(F)c(F)c1F)c1c(F)c(F)c(F)c(F)c1F. The minimum absolute atomic E-state index is 0.663. The van der Waals surface area contributed by atoms with Crippen molar-refractivity contribution in [3.8, 4) is 0 Å². The molecule has 0 radical (unpaired) electrons. The monoisotopic (exact) mass is 378 g/mol. The van der Waals surface area contributed by atoms with Gasteiger partial charge < -0.3 is 0 Å². The molecule has 0 unspecified atom stereocenters. The molecular formula is C13H4F10Si. The summed E-state index contributed by atoms with van der Waals surface area (Å²) in [5, 5.41) is -3.18. The fraction of sp³-hybridized carbons (Fsp3) is 0.0769. The molecule has 0 aliphatic rings. The van der Waals surface area contributed by atoms with E-state index in [1.807, 2.05) is 0 Å². The third-order valence-electron chi connectivity index (χ3n) is 3.35. The molecule has 0 bridgehead atoms. The first kappa shape index (κ1) is 18.3. The molecule has 24 heavy (non-hydrogen) atoms. The molecule has 2 rings (SSSR count). The zero-order valence-electron chi connectivity index (χ0n) is 11.4. The molecule has 0 atom stereocenters. The Labute approximate surface area is 128 Å². The van der Waals surface area contributed by atoms with Crippen molar-refractivity contribution in [1.82, 2.24) is 0 Å². The molecule has 2 aromatic carbocycles. The van der Waals surface area contributed by atoms with Gasteiger partial charge in [-0.2, -0.15) is 0 Å². The third kappa shape index (κ3) is 2.46. The number of benzene rings is 2. The van der Waals surface area contributed by atoms with Gasteiger partial charge in [0.05, 0.1) is 0 Å². The first-order valence-electron chi connectivity index (χ1n) is 6.04. The van der Waals surface area contributed by atoms with Gasteiger partial charge in [-0.05, 0) is 0 Å². The van der Waals surface area contributed by atoms with Crippen LogP contribution in [-0.2, 0) is 0 Å². The van der Waals surface area contributed by atoms with Crippen LogP contribution in [0.15, 0.2) is 0 Å². The molecule has 0 heterocycles. The van der Waals surface area contributed by atoms with E-state index < -0.39 is 77.3 Å².